The molecule has 0 aromatic heterocycles. The van der Waals surface area contributed by atoms with Gasteiger partial charge in [0, 0.05) is 4.47 Å². The van der Waals surface area contributed by atoms with Crippen molar-refractivity contribution in [1.82, 2.24) is 0 Å². The van der Waals surface area contributed by atoms with Crippen molar-refractivity contribution in [2.75, 3.05) is 0 Å². The van der Waals surface area contributed by atoms with Crippen LogP contribution in [0, 0.1) is 13.8 Å². The quantitative estimate of drug-likeness (QED) is 0.475. The van der Waals surface area contributed by atoms with E-state index in [1.165, 1.54) is 33.0 Å². The van der Waals surface area contributed by atoms with Crippen molar-refractivity contribution in [2.45, 2.75) is 13.8 Å². The van der Waals surface area contributed by atoms with E-state index in [1.54, 1.807) is 0 Å². The van der Waals surface area contributed by atoms with Crippen LogP contribution in [-0.4, -0.2) is 0 Å². The molecule has 0 fully saturated rings. The third-order valence-corrected chi connectivity index (χ3v) is 4.53. The molecule has 0 unspecified atom stereocenters. The molecule has 0 spiro atoms. The van der Waals surface area contributed by atoms with Crippen LogP contribution >= 0.6 is 15.9 Å². The molecule has 0 aliphatic rings. The normalized spacial score (nSPS) is 11.4. The molecule has 3 aromatic carbocycles. The highest BCUT2D eigenvalue weighted by Crippen LogP contribution is 2.26. The predicted molar refractivity (Wildman–Crippen MR) is 96.5 cm³/mol. The summed E-state index contributed by atoms with van der Waals surface area (Å²) in [4.78, 5) is 0. The summed E-state index contributed by atoms with van der Waals surface area (Å²) < 4.78 is 1.11. The molecule has 0 saturated carbocycles. The lowest BCUT2D eigenvalue weighted by Gasteiger charge is -2.09. The second-order valence-electron chi connectivity index (χ2n) is 5.32. The van der Waals surface area contributed by atoms with E-state index < -0.39 is 0 Å². The molecule has 0 nitrogen and oxygen atoms in total. The van der Waals surface area contributed by atoms with Gasteiger partial charge in [-0.3, -0.25) is 0 Å². The lowest BCUT2D eigenvalue weighted by molar-refractivity contribution is 1.36. The van der Waals surface area contributed by atoms with Crippen LogP contribution in [0.5, 0.6) is 0 Å². The van der Waals surface area contributed by atoms with Crippen molar-refractivity contribution < 1.29 is 0 Å². The molecular weight excluding hydrogens is 320 g/mol. The van der Waals surface area contributed by atoms with E-state index in [-0.39, 0.29) is 0 Å². The van der Waals surface area contributed by atoms with Crippen molar-refractivity contribution in [1.29, 1.82) is 0 Å². The first-order valence-corrected chi connectivity index (χ1v) is 7.87. The van der Waals surface area contributed by atoms with Crippen LogP contribution in [0.3, 0.4) is 0 Å². The highest BCUT2D eigenvalue weighted by molar-refractivity contribution is 9.10. The molecule has 104 valence electrons. The molecule has 0 aliphatic carbocycles. The standard InChI is InChI=1S/C20H17Br/c1-14-15(2)20-6-4-3-5-18(20)13-17(14)10-7-16-8-11-19(21)12-9-16/h3-13H,1-2H3/b10-7+. The smallest absolute Gasteiger partial charge is 0.0175 e. The van der Waals surface area contributed by atoms with Gasteiger partial charge in [0.15, 0.2) is 0 Å². The van der Waals surface area contributed by atoms with E-state index in [9.17, 15) is 0 Å². The van der Waals surface area contributed by atoms with Crippen LogP contribution in [0.15, 0.2) is 59.1 Å². The van der Waals surface area contributed by atoms with E-state index >= 15 is 0 Å². The van der Waals surface area contributed by atoms with Crippen LogP contribution in [-0.2, 0) is 0 Å². The highest BCUT2D eigenvalue weighted by Gasteiger charge is 2.04. The zero-order chi connectivity index (χ0) is 14.8. The van der Waals surface area contributed by atoms with E-state index in [0.717, 1.165) is 4.47 Å². The average Bonchev–Trinajstić information content (AvgIpc) is 2.51. The Labute approximate surface area is 134 Å². The minimum absolute atomic E-state index is 1.11. The average molecular weight is 337 g/mol. The Kier molecular flexibility index (Phi) is 3.94. The van der Waals surface area contributed by atoms with Gasteiger partial charge in [-0.05, 0) is 65.1 Å². The molecule has 0 atom stereocenters. The number of aryl methyl sites for hydroxylation is 1. The molecule has 21 heavy (non-hydrogen) atoms. The Hall–Kier alpha value is -1.86. The fourth-order valence-electron chi connectivity index (χ4n) is 2.59. The molecule has 0 heterocycles. The van der Waals surface area contributed by atoms with Gasteiger partial charge in [-0.15, -0.1) is 0 Å². The number of benzene rings is 3. The second-order valence-corrected chi connectivity index (χ2v) is 6.24. The maximum absolute atomic E-state index is 3.47. The molecule has 0 aliphatic heterocycles. The number of rotatable bonds is 2. The summed E-state index contributed by atoms with van der Waals surface area (Å²) >= 11 is 3.47. The van der Waals surface area contributed by atoms with Gasteiger partial charge in [0.1, 0.15) is 0 Å². The fraction of sp³-hybridized carbons (Fsp3) is 0.100. The fourth-order valence-corrected chi connectivity index (χ4v) is 2.86. The summed E-state index contributed by atoms with van der Waals surface area (Å²) in [5.41, 5.74) is 5.21. The first kappa shape index (κ1) is 14.1. The molecule has 1 heteroatoms. The lowest BCUT2D eigenvalue weighted by atomic mass is 9.95. The lowest BCUT2D eigenvalue weighted by Crippen LogP contribution is -1.88. The van der Waals surface area contributed by atoms with E-state index in [1.807, 2.05) is 0 Å². The predicted octanol–water partition coefficient (Wildman–Crippen LogP) is 6.39. The minimum atomic E-state index is 1.11. The van der Waals surface area contributed by atoms with Crippen molar-refractivity contribution >= 4 is 38.9 Å². The molecular formula is C20H17Br. The van der Waals surface area contributed by atoms with Crippen molar-refractivity contribution in [3.05, 3.63) is 81.3 Å². The monoisotopic (exact) mass is 336 g/mol. The Morgan fingerprint density at radius 2 is 1.52 bits per heavy atom. The van der Waals surface area contributed by atoms with Crippen LogP contribution in [0.25, 0.3) is 22.9 Å². The molecule has 0 amide bonds. The third kappa shape index (κ3) is 2.93. The Bertz CT molecular complexity index is 811. The Balaban J connectivity index is 2.04. The van der Waals surface area contributed by atoms with Gasteiger partial charge in [-0.25, -0.2) is 0 Å². The number of hydrogen-bond acceptors (Lipinski definition) is 0. The molecule has 3 rings (SSSR count). The Morgan fingerprint density at radius 3 is 2.29 bits per heavy atom. The first-order chi connectivity index (χ1) is 10.1. The van der Waals surface area contributed by atoms with Gasteiger partial charge in [-0.2, -0.15) is 0 Å². The zero-order valence-corrected chi connectivity index (χ0v) is 13.8. The summed E-state index contributed by atoms with van der Waals surface area (Å²) in [6.07, 6.45) is 4.38. The van der Waals surface area contributed by atoms with Crippen molar-refractivity contribution in [3.63, 3.8) is 0 Å². The van der Waals surface area contributed by atoms with Gasteiger partial charge in [0.2, 0.25) is 0 Å². The van der Waals surface area contributed by atoms with Crippen molar-refractivity contribution in [3.8, 4) is 0 Å². The minimum Gasteiger partial charge on any atom is -0.0616 e. The topological polar surface area (TPSA) is 0 Å². The third-order valence-electron chi connectivity index (χ3n) is 4.00. The molecule has 0 bridgehead atoms. The van der Waals surface area contributed by atoms with Crippen LogP contribution < -0.4 is 0 Å². The molecule has 0 radical (unpaired) electrons. The summed E-state index contributed by atoms with van der Waals surface area (Å²) in [5, 5.41) is 2.65. The SMILES string of the molecule is Cc1c(/C=C/c2ccc(Br)cc2)cc2ccccc2c1C. The van der Waals surface area contributed by atoms with Crippen LogP contribution in [0.2, 0.25) is 0 Å². The van der Waals surface area contributed by atoms with Crippen LogP contribution in [0.1, 0.15) is 22.3 Å². The summed E-state index contributed by atoms with van der Waals surface area (Å²) in [5.74, 6) is 0. The van der Waals surface area contributed by atoms with Gasteiger partial charge in [-0.1, -0.05) is 64.5 Å². The summed E-state index contributed by atoms with van der Waals surface area (Å²) in [6, 6.07) is 19.2. The number of fused-ring (bicyclic) bond motifs is 1. The summed E-state index contributed by atoms with van der Waals surface area (Å²) in [7, 11) is 0. The number of halogens is 1. The van der Waals surface area contributed by atoms with E-state index in [2.05, 4.69) is 96.5 Å². The van der Waals surface area contributed by atoms with E-state index in [0.29, 0.717) is 0 Å². The second kappa shape index (κ2) is 5.87. The van der Waals surface area contributed by atoms with Gasteiger partial charge >= 0.3 is 0 Å². The first-order valence-electron chi connectivity index (χ1n) is 7.08. The largest absolute Gasteiger partial charge is 0.0616 e. The zero-order valence-electron chi connectivity index (χ0n) is 12.2. The maximum Gasteiger partial charge on any atom is 0.0175 e. The molecule has 3 aromatic rings. The number of hydrogen-bond donors (Lipinski definition) is 0. The van der Waals surface area contributed by atoms with Crippen molar-refractivity contribution in [2.24, 2.45) is 0 Å². The Morgan fingerprint density at radius 1 is 0.810 bits per heavy atom. The van der Waals surface area contributed by atoms with Gasteiger partial charge in [0.25, 0.3) is 0 Å². The van der Waals surface area contributed by atoms with Gasteiger partial charge in [0.05, 0.1) is 0 Å². The van der Waals surface area contributed by atoms with Crippen LogP contribution in [0.4, 0.5) is 0 Å². The highest BCUT2D eigenvalue weighted by atomic mass is 79.9. The van der Waals surface area contributed by atoms with Gasteiger partial charge < -0.3 is 0 Å². The summed E-state index contributed by atoms with van der Waals surface area (Å²) in [6.45, 7) is 4.40. The maximum atomic E-state index is 3.47. The van der Waals surface area contributed by atoms with E-state index in [4.69, 9.17) is 0 Å². The molecule has 0 saturated heterocycles. The molecule has 0 N–H and O–H groups in total.